The average Bonchev–Trinajstić information content (AvgIpc) is 2.46. The van der Waals surface area contributed by atoms with Crippen molar-refractivity contribution in [2.45, 2.75) is 0 Å². The predicted molar refractivity (Wildman–Crippen MR) is 71.3 cm³/mol. The summed E-state index contributed by atoms with van der Waals surface area (Å²) in [6, 6.07) is 4.12. The van der Waals surface area contributed by atoms with Crippen LogP contribution in [0, 0.1) is 5.82 Å². The number of methoxy groups -OCH3 is 1. The normalized spacial score (nSPS) is 15.2. The van der Waals surface area contributed by atoms with Crippen molar-refractivity contribution in [1.82, 2.24) is 9.80 Å². The van der Waals surface area contributed by atoms with Gasteiger partial charge in [0, 0.05) is 26.2 Å². The van der Waals surface area contributed by atoms with Gasteiger partial charge in [-0.05, 0) is 12.1 Å². The SMILES string of the molecule is COC(=O)N1CCN(C(=O)c2c(F)cccc2Cl)CC1. The van der Waals surface area contributed by atoms with Gasteiger partial charge in [0.2, 0.25) is 0 Å². The summed E-state index contributed by atoms with van der Waals surface area (Å²) in [6.45, 7) is 1.34. The van der Waals surface area contributed by atoms with Crippen molar-refractivity contribution in [3.05, 3.63) is 34.6 Å². The Hall–Kier alpha value is -1.82. The number of piperazine rings is 1. The van der Waals surface area contributed by atoms with Crippen molar-refractivity contribution in [3.63, 3.8) is 0 Å². The first-order valence-electron chi connectivity index (χ1n) is 6.10. The molecule has 108 valence electrons. The smallest absolute Gasteiger partial charge is 0.409 e. The van der Waals surface area contributed by atoms with Crippen LogP contribution < -0.4 is 0 Å². The van der Waals surface area contributed by atoms with Gasteiger partial charge in [0.1, 0.15) is 5.82 Å². The number of ether oxygens (including phenoxy) is 1. The van der Waals surface area contributed by atoms with E-state index >= 15 is 0 Å². The third-order valence-electron chi connectivity index (χ3n) is 3.18. The number of benzene rings is 1. The van der Waals surface area contributed by atoms with Gasteiger partial charge in [-0.25, -0.2) is 9.18 Å². The number of hydrogen-bond donors (Lipinski definition) is 0. The van der Waals surface area contributed by atoms with Crippen molar-refractivity contribution in [3.8, 4) is 0 Å². The van der Waals surface area contributed by atoms with E-state index in [2.05, 4.69) is 4.74 Å². The van der Waals surface area contributed by atoms with Crippen molar-refractivity contribution < 1.29 is 18.7 Å². The molecular formula is C13H14ClFN2O3. The number of carbonyl (C=O) groups is 2. The molecule has 1 heterocycles. The van der Waals surface area contributed by atoms with Gasteiger partial charge in [0.25, 0.3) is 5.91 Å². The van der Waals surface area contributed by atoms with Gasteiger partial charge in [-0.3, -0.25) is 4.79 Å². The van der Waals surface area contributed by atoms with Gasteiger partial charge < -0.3 is 14.5 Å². The van der Waals surface area contributed by atoms with Crippen LogP contribution >= 0.6 is 11.6 Å². The first kappa shape index (κ1) is 14.6. The minimum atomic E-state index is -0.641. The topological polar surface area (TPSA) is 49.9 Å². The van der Waals surface area contributed by atoms with Gasteiger partial charge in [-0.15, -0.1) is 0 Å². The molecule has 1 aliphatic heterocycles. The highest BCUT2D eigenvalue weighted by molar-refractivity contribution is 6.33. The van der Waals surface area contributed by atoms with Crippen LogP contribution in [0.3, 0.4) is 0 Å². The van der Waals surface area contributed by atoms with E-state index in [9.17, 15) is 14.0 Å². The summed E-state index contributed by atoms with van der Waals surface area (Å²) in [4.78, 5) is 26.6. The minimum absolute atomic E-state index is 0.0883. The molecule has 0 aromatic heterocycles. The molecule has 1 aromatic rings. The maximum absolute atomic E-state index is 13.7. The van der Waals surface area contributed by atoms with Crippen molar-refractivity contribution in [1.29, 1.82) is 0 Å². The summed E-state index contributed by atoms with van der Waals surface area (Å²) in [5, 5.41) is 0.0883. The number of halogens is 2. The molecule has 0 unspecified atom stereocenters. The Morgan fingerprint density at radius 1 is 1.20 bits per heavy atom. The van der Waals surface area contributed by atoms with Gasteiger partial charge in [0.15, 0.2) is 0 Å². The maximum Gasteiger partial charge on any atom is 0.409 e. The number of hydrogen-bond acceptors (Lipinski definition) is 3. The lowest BCUT2D eigenvalue weighted by Gasteiger charge is -2.34. The standard InChI is InChI=1S/C13H14ClFN2O3/c1-20-13(19)17-7-5-16(6-8-17)12(18)11-9(14)3-2-4-10(11)15/h2-4H,5-8H2,1H3. The summed E-state index contributed by atoms with van der Waals surface area (Å²) in [7, 11) is 1.30. The van der Waals surface area contributed by atoms with Crippen LogP contribution in [0.15, 0.2) is 18.2 Å². The van der Waals surface area contributed by atoms with E-state index < -0.39 is 17.8 Å². The molecule has 1 aliphatic rings. The Labute approximate surface area is 120 Å². The van der Waals surface area contributed by atoms with E-state index in [1.54, 1.807) is 0 Å². The summed E-state index contributed by atoms with van der Waals surface area (Å²) in [5.74, 6) is -1.10. The molecule has 0 saturated carbocycles. The van der Waals surface area contributed by atoms with Crippen molar-refractivity contribution >= 4 is 23.6 Å². The zero-order valence-electron chi connectivity index (χ0n) is 10.9. The average molecular weight is 301 g/mol. The fraction of sp³-hybridized carbons (Fsp3) is 0.385. The molecule has 0 aliphatic carbocycles. The van der Waals surface area contributed by atoms with Crippen LogP contribution in [-0.2, 0) is 4.74 Å². The summed E-state index contributed by atoms with van der Waals surface area (Å²) >= 11 is 5.87. The lowest BCUT2D eigenvalue weighted by Crippen LogP contribution is -2.50. The first-order chi connectivity index (χ1) is 9.54. The third-order valence-corrected chi connectivity index (χ3v) is 3.49. The second-order valence-electron chi connectivity index (χ2n) is 4.35. The van der Waals surface area contributed by atoms with Crippen LogP contribution in [0.2, 0.25) is 5.02 Å². The lowest BCUT2D eigenvalue weighted by molar-refractivity contribution is 0.0596. The number of nitrogens with zero attached hydrogens (tertiary/aromatic N) is 2. The maximum atomic E-state index is 13.7. The Balaban J connectivity index is 2.07. The quantitative estimate of drug-likeness (QED) is 0.797. The molecule has 2 amide bonds. The van der Waals surface area contributed by atoms with E-state index in [-0.39, 0.29) is 10.6 Å². The van der Waals surface area contributed by atoms with Gasteiger partial charge in [-0.1, -0.05) is 17.7 Å². The van der Waals surface area contributed by atoms with E-state index in [0.717, 1.165) is 0 Å². The van der Waals surface area contributed by atoms with Gasteiger partial charge >= 0.3 is 6.09 Å². The van der Waals surface area contributed by atoms with Crippen molar-refractivity contribution in [2.24, 2.45) is 0 Å². The molecule has 0 bridgehead atoms. The Kier molecular flexibility index (Phi) is 4.44. The minimum Gasteiger partial charge on any atom is -0.453 e. The van der Waals surface area contributed by atoms with E-state index in [4.69, 9.17) is 11.6 Å². The zero-order valence-corrected chi connectivity index (χ0v) is 11.7. The fourth-order valence-electron chi connectivity index (χ4n) is 2.08. The summed E-state index contributed by atoms with van der Waals surface area (Å²) in [5.41, 5.74) is -0.124. The van der Waals surface area contributed by atoms with Gasteiger partial charge in [-0.2, -0.15) is 0 Å². The largest absolute Gasteiger partial charge is 0.453 e. The molecule has 1 fully saturated rings. The summed E-state index contributed by atoms with van der Waals surface area (Å²) < 4.78 is 18.3. The van der Waals surface area contributed by atoms with Crippen LogP contribution in [0.5, 0.6) is 0 Å². The molecule has 1 aromatic carbocycles. The molecule has 2 rings (SSSR count). The number of carbonyl (C=O) groups excluding carboxylic acids is 2. The molecular weight excluding hydrogens is 287 g/mol. The zero-order chi connectivity index (χ0) is 14.7. The molecule has 20 heavy (non-hydrogen) atoms. The van der Waals surface area contributed by atoms with Gasteiger partial charge in [0.05, 0.1) is 17.7 Å². The van der Waals surface area contributed by atoms with Crippen LogP contribution in [0.1, 0.15) is 10.4 Å². The molecule has 0 N–H and O–H groups in total. The third kappa shape index (κ3) is 2.85. The second kappa shape index (κ2) is 6.09. The highest BCUT2D eigenvalue weighted by atomic mass is 35.5. The van der Waals surface area contributed by atoms with E-state index in [1.165, 1.54) is 35.1 Å². The fourth-order valence-corrected chi connectivity index (χ4v) is 2.33. The number of rotatable bonds is 1. The predicted octanol–water partition coefficient (Wildman–Crippen LogP) is 2.00. The van der Waals surface area contributed by atoms with Crippen LogP contribution in [-0.4, -0.2) is 55.1 Å². The molecule has 0 spiro atoms. The van der Waals surface area contributed by atoms with Crippen LogP contribution in [0.4, 0.5) is 9.18 Å². The summed E-state index contributed by atoms with van der Waals surface area (Å²) in [6.07, 6.45) is -0.430. The van der Waals surface area contributed by atoms with E-state index in [0.29, 0.717) is 26.2 Å². The van der Waals surface area contributed by atoms with Crippen LogP contribution in [0.25, 0.3) is 0 Å². The highest BCUT2D eigenvalue weighted by Gasteiger charge is 2.27. The monoisotopic (exact) mass is 300 g/mol. The second-order valence-corrected chi connectivity index (χ2v) is 4.75. The molecule has 0 atom stereocenters. The van der Waals surface area contributed by atoms with E-state index in [1.807, 2.05) is 0 Å². The number of amides is 2. The Bertz CT molecular complexity index is 510. The Morgan fingerprint density at radius 2 is 1.80 bits per heavy atom. The highest BCUT2D eigenvalue weighted by Crippen LogP contribution is 2.21. The van der Waals surface area contributed by atoms with Crippen molar-refractivity contribution in [2.75, 3.05) is 33.3 Å². The molecule has 0 radical (unpaired) electrons. The molecule has 7 heteroatoms. The lowest BCUT2D eigenvalue weighted by atomic mass is 10.1. The first-order valence-corrected chi connectivity index (χ1v) is 6.48. The molecule has 1 saturated heterocycles. The molecule has 5 nitrogen and oxygen atoms in total. The Morgan fingerprint density at radius 3 is 2.35 bits per heavy atom.